The summed E-state index contributed by atoms with van der Waals surface area (Å²) < 4.78 is 27.4. The number of rotatable bonds is 7. The number of carbonyl (C=O) groups excluding carboxylic acids is 1. The van der Waals surface area contributed by atoms with Gasteiger partial charge in [-0.3, -0.25) is 9.10 Å². The van der Waals surface area contributed by atoms with Gasteiger partial charge in [-0.1, -0.05) is 30.3 Å². The van der Waals surface area contributed by atoms with Crippen molar-refractivity contribution in [2.45, 2.75) is 13.5 Å². The third kappa shape index (κ3) is 4.77. The topological polar surface area (TPSA) is 84.3 Å². The summed E-state index contributed by atoms with van der Waals surface area (Å²) in [6, 6.07) is 14.7. The molecule has 0 spiro atoms. The highest BCUT2D eigenvalue weighted by Crippen LogP contribution is 2.19. The second-order valence-corrected chi connectivity index (χ2v) is 8.39. The van der Waals surface area contributed by atoms with Crippen LogP contribution in [0.4, 0.5) is 5.69 Å². The maximum Gasteiger partial charge on any atom is 0.241 e. The molecule has 0 radical (unpaired) electrons. The summed E-state index contributed by atoms with van der Waals surface area (Å²) in [5, 5.41) is 2.81. The van der Waals surface area contributed by atoms with Gasteiger partial charge in [-0.05, 0) is 36.2 Å². The molecule has 1 heterocycles. The van der Waals surface area contributed by atoms with Crippen LogP contribution < -0.4 is 9.62 Å². The average molecular weight is 398 g/mol. The summed E-state index contributed by atoms with van der Waals surface area (Å²) in [7, 11) is -3.60. The number of imidazole rings is 1. The minimum atomic E-state index is -3.60. The van der Waals surface area contributed by atoms with E-state index >= 15 is 0 Å². The zero-order chi connectivity index (χ0) is 20.1. The number of amides is 1. The zero-order valence-electron chi connectivity index (χ0n) is 15.7. The smallest absolute Gasteiger partial charge is 0.241 e. The average Bonchev–Trinajstić information content (AvgIpc) is 3.18. The van der Waals surface area contributed by atoms with Gasteiger partial charge >= 0.3 is 0 Å². The highest BCUT2D eigenvalue weighted by atomic mass is 32.2. The van der Waals surface area contributed by atoms with Gasteiger partial charge in [0.05, 0.1) is 24.0 Å². The van der Waals surface area contributed by atoms with E-state index in [4.69, 9.17) is 0 Å². The molecule has 0 aliphatic rings. The fraction of sp³-hybridized carbons (Fsp3) is 0.200. The van der Waals surface area contributed by atoms with Crippen LogP contribution in [0.25, 0.3) is 5.69 Å². The number of aromatic nitrogens is 2. The summed E-state index contributed by atoms with van der Waals surface area (Å²) in [5.41, 5.74) is 3.19. The molecule has 2 aromatic carbocycles. The standard InChI is InChI=1S/C20H22N4O3S/c1-16-6-5-8-18(12-16)24(28(2,26)27)14-20(25)22-13-17-7-3-4-9-19(17)23-11-10-21-15-23/h3-12,15H,13-14H2,1-2H3,(H,22,25). The van der Waals surface area contributed by atoms with Gasteiger partial charge < -0.3 is 9.88 Å². The van der Waals surface area contributed by atoms with Crippen molar-refractivity contribution in [3.63, 3.8) is 0 Å². The fourth-order valence-corrected chi connectivity index (χ4v) is 3.73. The zero-order valence-corrected chi connectivity index (χ0v) is 16.6. The number of sulfonamides is 1. The normalized spacial score (nSPS) is 11.2. The molecule has 146 valence electrons. The number of benzene rings is 2. The summed E-state index contributed by atoms with van der Waals surface area (Å²) in [5.74, 6) is -0.382. The van der Waals surface area contributed by atoms with Crippen LogP contribution in [-0.2, 0) is 21.4 Å². The molecule has 0 unspecified atom stereocenters. The minimum Gasteiger partial charge on any atom is -0.350 e. The first-order chi connectivity index (χ1) is 13.3. The number of nitrogens with zero attached hydrogens (tertiary/aromatic N) is 3. The van der Waals surface area contributed by atoms with E-state index in [9.17, 15) is 13.2 Å². The Hall–Kier alpha value is -3.13. The van der Waals surface area contributed by atoms with E-state index in [0.717, 1.165) is 27.4 Å². The van der Waals surface area contributed by atoms with Crippen molar-refractivity contribution in [2.24, 2.45) is 0 Å². The first-order valence-electron chi connectivity index (χ1n) is 8.72. The van der Waals surface area contributed by atoms with Gasteiger partial charge in [0.15, 0.2) is 0 Å². The molecule has 3 rings (SSSR count). The summed E-state index contributed by atoms with van der Waals surface area (Å²) >= 11 is 0. The van der Waals surface area contributed by atoms with Crippen molar-refractivity contribution in [2.75, 3.05) is 17.1 Å². The molecule has 1 aromatic heterocycles. The van der Waals surface area contributed by atoms with Crippen LogP contribution in [0.2, 0.25) is 0 Å². The number of para-hydroxylation sites is 1. The number of carbonyl (C=O) groups is 1. The van der Waals surface area contributed by atoms with E-state index < -0.39 is 10.0 Å². The van der Waals surface area contributed by atoms with Gasteiger partial charge in [-0.2, -0.15) is 0 Å². The molecule has 0 saturated carbocycles. The molecule has 0 aliphatic heterocycles. The maximum atomic E-state index is 12.5. The molecule has 8 heteroatoms. The van der Waals surface area contributed by atoms with Crippen LogP contribution >= 0.6 is 0 Å². The van der Waals surface area contributed by atoms with Crippen LogP contribution in [0.1, 0.15) is 11.1 Å². The van der Waals surface area contributed by atoms with Crippen LogP contribution in [0.5, 0.6) is 0 Å². The molecule has 7 nitrogen and oxygen atoms in total. The highest BCUT2D eigenvalue weighted by molar-refractivity contribution is 7.92. The van der Waals surface area contributed by atoms with E-state index in [1.54, 1.807) is 30.7 Å². The quantitative estimate of drug-likeness (QED) is 0.662. The SMILES string of the molecule is Cc1cccc(N(CC(=O)NCc2ccccc2-n2ccnc2)S(C)(=O)=O)c1. The summed E-state index contributed by atoms with van der Waals surface area (Å²) in [6.45, 7) is 1.87. The lowest BCUT2D eigenvalue weighted by atomic mass is 10.1. The van der Waals surface area contributed by atoms with E-state index in [2.05, 4.69) is 10.3 Å². The number of hydrogen-bond donors (Lipinski definition) is 1. The molecule has 0 atom stereocenters. The molecular formula is C20H22N4O3S. The number of aryl methyl sites for hydroxylation is 1. The first-order valence-corrected chi connectivity index (χ1v) is 10.6. The predicted molar refractivity (Wildman–Crippen MR) is 109 cm³/mol. The minimum absolute atomic E-state index is 0.276. The Balaban J connectivity index is 1.73. The van der Waals surface area contributed by atoms with Gasteiger partial charge in [0, 0.05) is 18.9 Å². The Bertz CT molecular complexity index is 1060. The Labute approximate surface area is 164 Å². The molecule has 28 heavy (non-hydrogen) atoms. The van der Waals surface area contributed by atoms with Crippen molar-refractivity contribution >= 4 is 21.6 Å². The Morgan fingerprint density at radius 2 is 1.96 bits per heavy atom. The molecular weight excluding hydrogens is 376 g/mol. The van der Waals surface area contributed by atoms with Crippen LogP contribution in [0.3, 0.4) is 0 Å². The molecule has 0 saturated heterocycles. The van der Waals surface area contributed by atoms with Crippen molar-refractivity contribution < 1.29 is 13.2 Å². The van der Waals surface area contributed by atoms with Crippen molar-refractivity contribution in [3.8, 4) is 5.69 Å². The van der Waals surface area contributed by atoms with Gasteiger partial charge in [0.25, 0.3) is 0 Å². The summed E-state index contributed by atoms with van der Waals surface area (Å²) in [6.07, 6.45) is 6.28. The maximum absolute atomic E-state index is 12.5. The molecule has 0 aliphatic carbocycles. The molecule has 1 N–H and O–H groups in total. The Kier molecular flexibility index (Phi) is 5.79. The molecule has 0 fully saturated rings. The van der Waals surface area contributed by atoms with Crippen LogP contribution in [0, 0.1) is 6.92 Å². The lowest BCUT2D eigenvalue weighted by molar-refractivity contribution is -0.119. The van der Waals surface area contributed by atoms with Gasteiger partial charge in [-0.25, -0.2) is 13.4 Å². The van der Waals surface area contributed by atoms with Gasteiger partial charge in [-0.15, -0.1) is 0 Å². The van der Waals surface area contributed by atoms with Gasteiger partial charge in [0.1, 0.15) is 6.54 Å². The second kappa shape index (κ2) is 8.26. The molecule has 3 aromatic rings. The summed E-state index contributed by atoms with van der Waals surface area (Å²) in [4.78, 5) is 16.5. The first kappa shape index (κ1) is 19.6. The van der Waals surface area contributed by atoms with Gasteiger partial charge in [0.2, 0.25) is 15.9 Å². The van der Waals surface area contributed by atoms with Crippen molar-refractivity contribution in [1.82, 2.24) is 14.9 Å². The fourth-order valence-electron chi connectivity index (χ4n) is 2.88. The number of nitrogens with one attached hydrogen (secondary N) is 1. The largest absolute Gasteiger partial charge is 0.350 e. The number of hydrogen-bond acceptors (Lipinski definition) is 4. The van der Waals surface area contributed by atoms with Crippen molar-refractivity contribution in [1.29, 1.82) is 0 Å². The van der Waals surface area contributed by atoms with Crippen LogP contribution in [-0.4, -0.2) is 36.7 Å². The second-order valence-electron chi connectivity index (χ2n) is 6.48. The van der Waals surface area contributed by atoms with E-state index in [1.807, 2.05) is 48.0 Å². The van der Waals surface area contributed by atoms with E-state index in [1.165, 1.54) is 0 Å². The highest BCUT2D eigenvalue weighted by Gasteiger charge is 2.21. The predicted octanol–water partition coefficient (Wildman–Crippen LogP) is 2.26. The van der Waals surface area contributed by atoms with Crippen molar-refractivity contribution in [3.05, 3.63) is 78.4 Å². The van der Waals surface area contributed by atoms with Crippen LogP contribution in [0.15, 0.2) is 67.3 Å². The third-order valence-electron chi connectivity index (χ3n) is 4.23. The Morgan fingerprint density at radius 3 is 2.64 bits per heavy atom. The molecule has 1 amide bonds. The van der Waals surface area contributed by atoms with E-state index in [0.29, 0.717) is 5.69 Å². The lowest BCUT2D eigenvalue weighted by Gasteiger charge is -2.22. The molecule has 0 bridgehead atoms. The van der Waals surface area contributed by atoms with E-state index in [-0.39, 0.29) is 19.0 Å². The number of anilines is 1. The third-order valence-corrected chi connectivity index (χ3v) is 5.37. The Morgan fingerprint density at radius 1 is 1.18 bits per heavy atom. The monoisotopic (exact) mass is 398 g/mol. The lowest BCUT2D eigenvalue weighted by Crippen LogP contribution is -2.40.